The minimum absolute atomic E-state index is 0.0907. The summed E-state index contributed by atoms with van der Waals surface area (Å²) in [7, 11) is 0. The lowest BCUT2D eigenvalue weighted by Crippen LogP contribution is -2.51. The van der Waals surface area contributed by atoms with Crippen molar-refractivity contribution in [1.82, 2.24) is 25.2 Å². The molecule has 4 fully saturated rings. The molecule has 4 saturated heterocycles. The molecule has 2 N–H and O–H groups in total. The molecule has 0 radical (unpaired) electrons. The molecule has 0 saturated carbocycles. The van der Waals surface area contributed by atoms with Crippen molar-refractivity contribution < 1.29 is 27.4 Å². The first kappa shape index (κ1) is 28.0. The van der Waals surface area contributed by atoms with Crippen LogP contribution < -0.4 is 15.0 Å². The van der Waals surface area contributed by atoms with Gasteiger partial charge in [0.15, 0.2) is 17.5 Å². The summed E-state index contributed by atoms with van der Waals surface area (Å²) in [6.07, 6.45) is 3.08. The Morgan fingerprint density at radius 2 is 1.82 bits per heavy atom. The van der Waals surface area contributed by atoms with E-state index in [0.29, 0.717) is 31.9 Å². The lowest BCUT2D eigenvalue weighted by Gasteiger charge is -2.34. The second kappa shape index (κ2) is 10.3. The summed E-state index contributed by atoms with van der Waals surface area (Å²) < 4.78 is 66.7. The molecule has 8 nitrogen and oxygen atoms in total. The molecule has 2 unspecified atom stereocenters. The van der Waals surface area contributed by atoms with Gasteiger partial charge in [-0.25, -0.2) is 22.5 Å². The predicted molar refractivity (Wildman–Crippen MR) is 158 cm³/mol. The van der Waals surface area contributed by atoms with Crippen molar-refractivity contribution in [3.05, 3.63) is 46.9 Å². The Balaban J connectivity index is 1.29. The molecule has 2 bridgehead atoms. The maximum Gasteiger partial charge on any atom is 0.319 e. The van der Waals surface area contributed by atoms with E-state index in [1.54, 1.807) is 0 Å². The first-order valence-corrected chi connectivity index (χ1v) is 15.3. The number of piperazine rings is 1. The van der Waals surface area contributed by atoms with Gasteiger partial charge in [0.25, 0.3) is 0 Å². The molecular formula is C31H29ClF4N6O2. The van der Waals surface area contributed by atoms with Crippen LogP contribution in [0.4, 0.5) is 23.4 Å². The molecule has 2 aromatic carbocycles. The largest absolute Gasteiger partial charge is 0.508 e. The Bertz CT molecular complexity index is 1820. The van der Waals surface area contributed by atoms with E-state index in [1.807, 2.05) is 4.90 Å². The van der Waals surface area contributed by atoms with Crippen LogP contribution in [0.15, 0.2) is 24.3 Å². The van der Waals surface area contributed by atoms with Crippen LogP contribution in [0.25, 0.3) is 32.9 Å². The summed E-state index contributed by atoms with van der Waals surface area (Å²) in [5.41, 5.74) is -1.26. The van der Waals surface area contributed by atoms with Crippen molar-refractivity contribution in [2.24, 2.45) is 0 Å². The molecule has 44 heavy (non-hydrogen) atoms. The molecule has 4 aliphatic heterocycles. The Morgan fingerprint density at radius 1 is 1.02 bits per heavy atom. The quantitative estimate of drug-likeness (QED) is 0.221. The zero-order valence-corrected chi connectivity index (χ0v) is 24.3. The number of phenols is 1. The third-order valence-electron chi connectivity index (χ3n) is 9.70. The Kier molecular flexibility index (Phi) is 6.55. The minimum Gasteiger partial charge on any atom is -0.508 e. The maximum atomic E-state index is 16.7. The van der Waals surface area contributed by atoms with Crippen molar-refractivity contribution in [1.29, 1.82) is 0 Å². The molecule has 4 aliphatic rings. The number of anilines is 1. The first-order valence-electron chi connectivity index (χ1n) is 14.9. The van der Waals surface area contributed by atoms with Crippen LogP contribution in [-0.4, -0.2) is 81.5 Å². The topological polar surface area (TPSA) is 86.6 Å². The summed E-state index contributed by atoms with van der Waals surface area (Å²) in [5.74, 6) is -3.21. The first-order chi connectivity index (χ1) is 21.2. The van der Waals surface area contributed by atoms with E-state index >= 15 is 8.78 Å². The third kappa shape index (κ3) is 4.44. The van der Waals surface area contributed by atoms with Gasteiger partial charge in [0.1, 0.15) is 40.7 Å². The smallest absolute Gasteiger partial charge is 0.319 e. The van der Waals surface area contributed by atoms with Crippen LogP contribution in [0, 0.1) is 17.5 Å². The normalized spacial score (nSPS) is 26.7. The van der Waals surface area contributed by atoms with E-state index < -0.39 is 34.9 Å². The SMILES string of the molecule is Oc1cc(-c2nc(Cl)c3c(N4CC5CCC(C4)N5)nc(OC[C@@]45CCCN4C[C@H](F)C5)nc3c2F)c2c(F)c(F)ccc2c1. The van der Waals surface area contributed by atoms with Crippen molar-refractivity contribution in [3.63, 3.8) is 0 Å². The second-order valence-electron chi connectivity index (χ2n) is 12.5. The number of phenolic OH excluding ortho intramolecular Hbond substituents is 1. The van der Waals surface area contributed by atoms with Crippen LogP contribution in [0.1, 0.15) is 32.1 Å². The van der Waals surface area contributed by atoms with E-state index in [4.69, 9.17) is 21.3 Å². The molecule has 8 rings (SSSR count). The number of halogens is 5. The molecule has 0 spiro atoms. The number of hydrogen-bond donors (Lipinski definition) is 2. The van der Waals surface area contributed by atoms with Crippen molar-refractivity contribution in [3.8, 4) is 23.0 Å². The molecule has 6 heterocycles. The van der Waals surface area contributed by atoms with E-state index in [0.717, 1.165) is 44.4 Å². The average molecular weight is 629 g/mol. The van der Waals surface area contributed by atoms with Gasteiger partial charge in [0, 0.05) is 49.1 Å². The lowest BCUT2D eigenvalue weighted by molar-refractivity contribution is 0.107. The number of nitrogens with one attached hydrogen (secondary N) is 1. The zero-order valence-electron chi connectivity index (χ0n) is 23.6. The van der Waals surface area contributed by atoms with Gasteiger partial charge in [0.2, 0.25) is 0 Å². The summed E-state index contributed by atoms with van der Waals surface area (Å²) >= 11 is 6.76. The predicted octanol–water partition coefficient (Wildman–Crippen LogP) is 5.52. The molecule has 0 amide bonds. The number of hydrogen-bond acceptors (Lipinski definition) is 8. The fourth-order valence-corrected chi connectivity index (χ4v) is 8.01. The van der Waals surface area contributed by atoms with E-state index in [1.165, 1.54) is 12.1 Å². The van der Waals surface area contributed by atoms with Crippen molar-refractivity contribution in [2.75, 3.05) is 37.7 Å². The van der Waals surface area contributed by atoms with Crippen LogP contribution in [-0.2, 0) is 0 Å². The average Bonchev–Trinajstić information content (AvgIpc) is 3.65. The van der Waals surface area contributed by atoms with Gasteiger partial charge in [0.05, 0.1) is 10.9 Å². The number of fused-ring (bicyclic) bond motifs is 5. The van der Waals surface area contributed by atoms with Crippen molar-refractivity contribution >= 4 is 39.1 Å². The number of nitrogens with zero attached hydrogens (tertiary/aromatic N) is 5. The van der Waals surface area contributed by atoms with Gasteiger partial charge < -0.3 is 20.1 Å². The molecular weight excluding hydrogens is 600 g/mol. The van der Waals surface area contributed by atoms with Gasteiger partial charge in [-0.15, -0.1) is 0 Å². The highest BCUT2D eigenvalue weighted by Gasteiger charge is 2.49. The Hall–Kier alpha value is -3.48. The van der Waals surface area contributed by atoms with Gasteiger partial charge in [-0.2, -0.15) is 9.97 Å². The number of rotatable bonds is 5. The highest BCUT2D eigenvalue weighted by molar-refractivity contribution is 6.35. The fraction of sp³-hybridized carbons (Fsp3) is 0.452. The molecule has 4 aromatic rings. The Labute approximate surface area is 255 Å². The lowest BCUT2D eigenvalue weighted by atomic mass is 9.95. The number of aromatic nitrogens is 3. The highest BCUT2D eigenvalue weighted by atomic mass is 35.5. The van der Waals surface area contributed by atoms with Gasteiger partial charge in [-0.1, -0.05) is 17.7 Å². The van der Waals surface area contributed by atoms with E-state index in [9.17, 15) is 13.9 Å². The number of benzene rings is 2. The maximum absolute atomic E-state index is 16.7. The molecule has 2 aromatic heterocycles. The highest BCUT2D eigenvalue weighted by Crippen LogP contribution is 2.43. The standard InChI is InChI=1S/C31H29ClF4N6O2/c32-28-23-27(25(36)26(38-28)20-9-19(43)8-15-2-5-21(34)24(35)22(15)20)39-30(40-29(23)41-12-17-3-4-18(13-41)37-17)44-14-31-6-1-7-42(31)11-16(33)10-31/h2,5,8-9,16-18,37,43H,1,3-4,6-7,10-14H2/t16-,17?,18?,31+/m1/s1. The van der Waals surface area contributed by atoms with Crippen LogP contribution in [0.5, 0.6) is 11.8 Å². The summed E-state index contributed by atoms with van der Waals surface area (Å²) in [5, 5.41) is 13.9. The number of pyridine rings is 1. The van der Waals surface area contributed by atoms with E-state index in [2.05, 4.69) is 20.2 Å². The number of alkyl halides is 1. The Morgan fingerprint density at radius 3 is 2.61 bits per heavy atom. The van der Waals surface area contributed by atoms with Crippen LogP contribution in [0.3, 0.4) is 0 Å². The summed E-state index contributed by atoms with van der Waals surface area (Å²) in [6, 6.07) is 4.95. The summed E-state index contributed by atoms with van der Waals surface area (Å²) in [6.45, 7) is 2.48. The van der Waals surface area contributed by atoms with Crippen LogP contribution in [0.2, 0.25) is 5.15 Å². The fourth-order valence-electron chi connectivity index (χ4n) is 7.75. The van der Waals surface area contributed by atoms with Crippen LogP contribution >= 0.6 is 11.6 Å². The van der Waals surface area contributed by atoms with Gasteiger partial charge >= 0.3 is 6.01 Å². The van der Waals surface area contributed by atoms with E-state index in [-0.39, 0.29) is 62.8 Å². The molecule has 4 atom stereocenters. The molecule has 13 heteroatoms. The second-order valence-corrected chi connectivity index (χ2v) is 12.8. The molecule has 0 aliphatic carbocycles. The monoisotopic (exact) mass is 628 g/mol. The zero-order chi connectivity index (χ0) is 30.3. The van der Waals surface area contributed by atoms with Crippen molar-refractivity contribution in [2.45, 2.75) is 55.9 Å². The number of ether oxygens (including phenoxy) is 1. The summed E-state index contributed by atoms with van der Waals surface area (Å²) in [4.78, 5) is 17.6. The van der Waals surface area contributed by atoms with Gasteiger partial charge in [-0.3, -0.25) is 4.90 Å². The van der Waals surface area contributed by atoms with Gasteiger partial charge in [-0.05, 0) is 55.8 Å². The third-order valence-corrected chi connectivity index (χ3v) is 9.97. The minimum atomic E-state index is -1.21. The number of aromatic hydroxyl groups is 1. The molecule has 230 valence electrons.